The maximum atomic E-state index is 12.8. The summed E-state index contributed by atoms with van der Waals surface area (Å²) < 4.78 is 5.67. The van der Waals surface area contributed by atoms with E-state index < -0.39 is 5.60 Å². The van der Waals surface area contributed by atoms with Gasteiger partial charge in [-0.2, -0.15) is 0 Å². The molecule has 32 heavy (non-hydrogen) atoms. The van der Waals surface area contributed by atoms with Crippen LogP contribution < -0.4 is 10.6 Å². The predicted octanol–water partition coefficient (Wildman–Crippen LogP) is 7.40. The summed E-state index contributed by atoms with van der Waals surface area (Å²) >= 11 is 0. The van der Waals surface area contributed by atoms with E-state index in [1.165, 1.54) is 64.2 Å². The van der Waals surface area contributed by atoms with Crippen molar-refractivity contribution in [2.45, 2.75) is 116 Å². The number of hydrogen-bond acceptors (Lipinski definition) is 4. The van der Waals surface area contributed by atoms with Gasteiger partial charge in [-0.25, -0.2) is 4.79 Å². The van der Waals surface area contributed by atoms with Gasteiger partial charge in [0.25, 0.3) is 0 Å². The van der Waals surface area contributed by atoms with Gasteiger partial charge in [0.15, 0.2) is 0 Å². The smallest absolute Gasteiger partial charge is 0.338 e. The first-order valence-electron chi connectivity index (χ1n) is 13.0. The summed E-state index contributed by atoms with van der Waals surface area (Å²) in [6, 6.07) is 6.56. The molecule has 4 heteroatoms. The number of carbonyl (C=O) groups is 1. The zero-order valence-corrected chi connectivity index (χ0v) is 20.9. The topological polar surface area (TPSA) is 50.4 Å². The van der Waals surface area contributed by atoms with Crippen molar-refractivity contribution in [2.24, 2.45) is 17.8 Å². The van der Waals surface area contributed by atoms with Crippen LogP contribution in [0.4, 0.5) is 11.4 Å². The molecule has 0 aliphatic heterocycles. The molecule has 4 rings (SSSR count). The van der Waals surface area contributed by atoms with E-state index in [4.69, 9.17) is 4.74 Å². The van der Waals surface area contributed by atoms with Crippen LogP contribution >= 0.6 is 0 Å². The fraction of sp³-hybridized carbons (Fsp3) is 0.750. The van der Waals surface area contributed by atoms with Crippen molar-refractivity contribution in [3.8, 4) is 0 Å². The minimum absolute atomic E-state index is 0.0727. The summed E-state index contributed by atoms with van der Waals surface area (Å²) in [4.78, 5) is 12.8. The molecule has 3 fully saturated rings. The van der Waals surface area contributed by atoms with Gasteiger partial charge in [0.2, 0.25) is 0 Å². The van der Waals surface area contributed by atoms with Crippen molar-refractivity contribution in [3.05, 3.63) is 23.8 Å². The van der Waals surface area contributed by atoms with E-state index in [1.807, 2.05) is 32.9 Å². The van der Waals surface area contributed by atoms with Crippen LogP contribution in [0, 0.1) is 17.8 Å². The Bertz CT molecular complexity index is 788. The normalized spacial score (nSPS) is 31.1. The van der Waals surface area contributed by atoms with Crippen molar-refractivity contribution in [2.75, 3.05) is 10.6 Å². The number of esters is 1. The van der Waals surface area contributed by atoms with E-state index in [0.717, 1.165) is 29.1 Å². The molecular weight excluding hydrogens is 396 g/mol. The van der Waals surface area contributed by atoms with Crippen molar-refractivity contribution in [3.63, 3.8) is 0 Å². The van der Waals surface area contributed by atoms with E-state index >= 15 is 0 Å². The molecule has 0 aromatic heterocycles. The van der Waals surface area contributed by atoms with E-state index in [9.17, 15) is 4.79 Å². The molecule has 3 saturated carbocycles. The first-order valence-corrected chi connectivity index (χ1v) is 13.0. The minimum atomic E-state index is -0.493. The fourth-order valence-corrected chi connectivity index (χ4v) is 6.72. The fourth-order valence-electron chi connectivity index (χ4n) is 6.72. The second kappa shape index (κ2) is 9.27. The zero-order valence-electron chi connectivity index (χ0n) is 20.9. The first-order chi connectivity index (χ1) is 15.1. The van der Waals surface area contributed by atoms with Crippen LogP contribution in [0.3, 0.4) is 0 Å². The summed E-state index contributed by atoms with van der Waals surface area (Å²) in [7, 11) is 0. The van der Waals surface area contributed by atoms with Crippen molar-refractivity contribution in [1.82, 2.24) is 0 Å². The summed E-state index contributed by atoms with van der Waals surface area (Å²) in [5, 5.41) is 7.76. The molecule has 3 aliphatic carbocycles. The SMILES string of the molecule is CC1CC2CC(C1)CC(C)(Nc1cc(C(=O)OC(C)(C)C)ccc1NC1CCCCC1)C2. The Morgan fingerprint density at radius 1 is 1.00 bits per heavy atom. The standard InChI is InChI=1S/C28H44N2O2/c1-19-13-20-15-21(14-19)18-28(5,17-20)30-25-16-22(26(31)32-27(2,3)4)11-12-24(25)29-23-9-7-6-8-10-23/h11-12,16,19-21,23,29-30H,6-10,13-15,17-18H2,1-5H3. The van der Waals surface area contributed by atoms with Gasteiger partial charge in [-0.1, -0.05) is 26.2 Å². The number of nitrogens with one attached hydrogen (secondary N) is 2. The minimum Gasteiger partial charge on any atom is -0.456 e. The lowest BCUT2D eigenvalue weighted by atomic mass is 9.62. The third kappa shape index (κ3) is 5.99. The molecule has 2 unspecified atom stereocenters. The van der Waals surface area contributed by atoms with Crippen LogP contribution in [0.2, 0.25) is 0 Å². The Kier molecular flexibility index (Phi) is 6.79. The van der Waals surface area contributed by atoms with Crippen molar-refractivity contribution < 1.29 is 9.53 Å². The van der Waals surface area contributed by atoms with E-state index in [0.29, 0.717) is 11.6 Å². The quantitative estimate of drug-likeness (QED) is 0.468. The Balaban J connectivity index is 1.58. The van der Waals surface area contributed by atoms with Crippen LogP contribution in [-0.2, 0) is 4.74 Å². The average Bonchev–Trinajstić information content (AvgIpc) is 2.67. The second-order valence-electron chi connectivity index (χ2n) is 12.4. The van der Waals surface area contributed by atoms with Gasteiger partial charge in [0.05, 0.1) is 16.9 Å². The second-order valence-corrected chi connectivity index (χ2v) is 12.4. The molecular formula is C28H44N2O2. The van der Waals surface area contributed by atoms with Crippen molar-refractivity contribution >= 4 is 17.3 Å². The van der Waals surface area contributed by atoms with Crippen LogP contribution in [0.15, 0.2) is 18.2 Å². The zero-order chi connectivity index (χ0) is 22.9. The highest BCUT2D eigenvalue weighted by Gasteiger charge is 2.41. The van der Waals surface area contributed by atoms with E-state index in [2.05, 4.69) is 30.5 Å². The molecule has 3 aliphatic rings. The molecule has 1 aromatic rings. The van der Waals surface area contributed by atoms with Crippen LogP contribution in [0.1, 0.15) is 109 Å². The predicted molar refractivity (Wildman–Crippen MR) is 133 cm³/mol. The number of hydrogen-bond donors (Lipinski definition) is 2. The average molecular weight is 441 g/mol. The van der Waals surface area contributed by atoms with Gasteiger partial charge in [0.1, 0.15) is 5.60 Å². The maximum absolute atomic E-state index is 12.8. The van der Waals surface area contributed by atoms with Gasteiger partial charge >= 0.3 is 5.97 Å². The number of fused-ring (bicyclic) bond motifs is 2. The molecule has 0 amide bonds. The van der Waals surface area contributed by atoms with Crippen molar-refractivity contribution in [1.29, 1.82) is 0 Å². The highest BCUT2D eigenvalue weighted by atomic mass is 16.6. The molecule has 2 atom stereocenters. The van der Waals surface area contributed by atoms with Crippen LogP contribution in [0.25, 0.3) is 0 Å². The first kappa shape index (κ1) is 23.4. The number of benzene rings is 1. The number of carbonyl (C=O) groups excluding carboxylic acids is 1. The molecule has 0 heterocycles. The Morgan fingerprint density at radius 3 is 2.28 bits per heavy atom. The van der Waals surface area contributed by atoms with Gasteiger partial charge in [-0.05, 0) is 109 Å². The monoisotopic (exact) mass is 440 g/mol. The Hall–Kier alpha value is -1.71. The number of anilines is 2. The molecule has 0 saturated heterocycles. The van der Waals surface area contributed by atoms with E-state index in [1.54, 1.807) is 0 Å². The summed E-state index contributed by atoms with van der Waals surface area (Å²) in [6.45, 7) is 10.6. The largest absolute Gasteiger partial charge is 0.456 e. The third-order valence-corrected chi connectivity index (χ3v) is 7.67. The molecule has 0 spiro atoms. The highest BCUT2D eigenvalue weighted by molar-refractivity contribution is 5.92. The highest BCUT2D eigenvalue weighted by Crippen LogP contribution is 2.48. The van der Waals surface area contributed by atoms with Crippen LogP contribution in [0.5, 0.6) is 0 Å². The lowest BCUT2D eigenvalue weighted by molar-refractivity contribution is 0.00695. The summed E-state index contributed by atoms with van der Waals surface area (Å²) in [5.41, 5.74) is 2.41. The Labute approximate surface area is 195 Å². The van der Waals surface area contributed by atoms with Gasteiger partial charge in [-0.15, -0.1) is 0 Å². The molecule has 0 radical (unpaired) electrons. The maximum Gasteiger partial charge on any atom is 0.338 e. The van der Waals surface area contributed by atoms with Gasteiger partial charge < -0.3 is 15.4 Å². The molecule has 178 valence electrons. The number of ether oxygens (including phenoxy) is 1. The molecule has 1 aromatic carbocycles. The lowest BCUT2D eigenvalue weighted by Crippen LogP contribution is -2.46. The molecule has 2 bridgehead atoms. The molecule has 2 N–H and O–H groups in total. The van der Waals surface area contributed by atoms with Gasteiger partial charge in [0, 0.05) is 11.6 Å². The third-order valence-electron chi connectivity index (χ3n) is 7.67. The number of rotatable bonds is 5. The van der Waals surface area contributed by atoms with Gasteiger partial charge in [-0.3, -0.25) is 0 Å². The Morgan fingerprint density at radius 2 is 1.66 bits per heavy atom. The summed E-state index contributed by atoms with van der Waals surface area (Å²) in [6.07, 6.45) is 13.0. The van der Waals surface area contributed by atoms with E-state index in [-0.39, 0.29) is 11.5 Å². The molecule has 4 nitrogen and oxygen atoms in total. The summed E-state index contributed by atoms with van der Waals surface area (Å²) in [5.74, 6) is 2.25. The van der Waals surface area contributed by atoms with Crippen LogP contribution in [-0.4, -0.2) is 23.2 Å². The lowest BCUT2D eigenvalue weighted by Gasteiger charge is -2.48.